The molecule has 0 saturated carbocycles. The Morgan fingerprint density at radius 1 is 0.906 bits per heavy atom. The summed E-state index contributed by atoms with van der Waals surface area (Å²) in [5, 5.41) is 12.7. The quantitative estimate of drug-likeness (QED) is 0.465. The highest BCUT2D eigenvalue weighted by Gasteiger charge is 2.31. The van der Waals surface area contributed by atoms with Crippen LogP contribution >= 0.6 is 0 Å². The standard InChI is InChI=1S/C25H28N6O/c1-19-8-6-12-23(20(19)2)29-13-15-30(16-14-29)24(21-9-4-3-5-10-21)25-26-27-28-31(25)18-22-11-7-17-32-22/h3-12,17,24H,13-16,18H2,1-2H3/t24-/m1/s1. The minimum absolute atomic E-state index is 0.0121. The molecule has 2 aromatic carbocycles. The van der Waals surface area contributed by atoms with E-state index in [9.17, 15) is 0 Å². The number of nitrogens with zero attached hydrogens (tertiary/aromatic N) is 6. The maximum Gasteiger partial charge on any atom is 0.173 e. The van der Waals surface area contributed by atoms with Crippen molar-refractivity contribution in [3.63, 3.8) is 0 Å². The predicted molar refractivity (Wildman–Crippen MR) is 124 cm³/mol. The van der Waals surface area contributed by atoms with E-state index in [0.29, 0.717) is 6.54 Å². The van der Waals surface area contributed by atoms with Crippen LogP contribution in [0.1, 0.15) is 34.3 Å². The van der Waals surface area contributed by atoms with Crippen LogP contribution in [0.15, 0.2) is 71.3 Å². The van der Waals surface area contributed by atoms with Gasteiger partial charge in [-0.2, -0.15) is 0 Å². The Labute approximate surface area is 188 Å². The van der Waals surface area contributed by atoms with Gasteiger partial charge < -0.3 is 9.32 Å². The van der Waals surface area contributed by atoms with Crippen molar-refractivity contribution in [3.05, 3.63) is 95.2 Å². The molecule has 164 valence electrons. The molecule has 0 unspecified atom stereocenters. The normalized spacial score (nSPS) is 15.8. The number of piperazine rings is 1. The van der Waals surface area contributed by atoms with Crippen molar-refractivity contribution in [2.24, 2.45) is 0 Å². The van der Waals surface area contributed by atoms with Gasteiger partial charge in [0, 0.05) is 31.9 Å². The first-order valence-electron chi connectivity index (χ1n) is 11.1. The number of hydrogen-bond acceptors (Lipinski definition) is 6. The minimum Gasteiger partial charge on any atom is -0.467 e. The maximum absolute atomic E-state index is 5.54. The van der Waals surface area contributed by atoms with Crippen molar-refractivity contribution in [1.29, 1.82) is 0 Å². The average Bonchev–Trinajstić information content (AvgIpc) is 3.50. The van der Waals surface area contributed by atoms with Crippen molar-refractivity contribution in [2.75, 3.05) is 31.1 Å². The number of aromatic nitrogens is 4. The van der Waals surface area contributed by atoms with E-state index >= 15 is 0 Å². The highest BCUT2D eigenvalue weighted by molar-refractivity contribution is 5.56. The zero-order valence-electron chi connectivity index (χ0n) is 18.6. The molecule has 5 rings (SSSR count). The van der Waals surface area contributed by atoms with Crippen molar-refractivity contribution in [2.45, 2.75) is 26.4 Å². The number of tetrazole rings is 1. The summed E-state index contributed by atoms with van der Waals surface area (Å²) >= 11 is 0. The van der Waals surface area contributed by atoms with Crippen LogP contribution in [0.4, 0.5) is 5.69 Å². The van der Waals surface area contributed by atoms with Crippen LogP contribution < -0.4 is 4.90 Å². The van der Waals surface area contributed by atoms with Gasteiger partial charge in [-0.05, 0) is 59.2 Å². The third-order valence-electron chi connectivity index (χ3n) is 6.40. The van der Waals surface area contributed by atoms with E-state index in [1.165, 1.54) is 22.4 Å². The number of rotatable bonds is 6. The Morgan fingerprint density at radius 2 is 1.72 bits per heavy atom. The number of anilines is 1. The fourth-order valence-electron chi connectivity index (χ4n) is 4.53. The first-order valence-corrected chi connectivity index (χ1v) is 11.1. The number of benzene rings is 2. The topological polar surface area (TPSA) is 63.2 Å². The monoisotopic (exact) mass is 428 g/mol. The highest BCUT2D eigenvalue weighted by atomic mass is 16.3. The van der Waals surface area contributed by atoms with E-state index in [1.54, 1.807) is 6.26 Å². The molecule has 1 aliphatic rings. The molecule has 1 fully saturated rings. The molecule has 2 aromatic heterocycles. The number of hydrogen-bond donors (Lipinski definition) is 0. The van der Waals surface area contributed by atoms with Crippen LogP contribution in [0, 0.1) is 13.8 Å². The summed E-state index contributed by atoms with van der Waals surface area (Å²) in [6.07, 6.45) is 1.68. The van der Waals surface area contributed by atoms with Gasteiger partial charge >= 0.3 is 0 Å². The number of aryl methyl sites for hydroxylation is 1. The Balaban J connectivity index is 1.41. The van der Waals surface area contributed by atoms with Crippen LogP contribution in [-0.4, -0.2) is 51.3 Å². The SMILES string of the molecule is Cc1cccc(N2CCN([C@H](c3ccccc3)c3nnnn3Cc3ccco3)CC2)c1C. The van der Waals surface area contributed by atoms with E-state index in [2.05, 4.69) is 81.6 Å². The van der Waals surface area contributed by atoms with Gasteiger partial charge in [0.05, 0.1) is 12.3 Å². The summed E-state index contributed by atoms with van der Waals surface area (Å²) in [4.78, 5) is 4.98. The van der Waals surface area contributed by atoms with Crippen LogP contribution in [0.3, 0.4) is 0 Å². The van der Waals surface area contributed by atoms with Gasteiger partial charge in [-0.3, -0.25) is 4.90 Å². The summed E-state index contributed by atoms with van der Waals surface area (Å²) in [6.45, 7) is 8.70. The molecule has 1 aliphatic heterocycles. The summed E-state index contributed by atoms with van der Waals surface area (Å²) in [7, 11) is 0. The molecule has 0 amide bonds. The van der Waals surface area contributed by atoms with Crippen molar-refractivity contribution < 1.29 is 4.42 Å². The van der Waals surface area contributed by atoms with Gasteiger partial charge in [-0.15, -0.1) is 5.10 Å². The van der Waals surface area contributed by atoms with Crippen molar-refractivity contribution in [3.8, 4) is 0 Å². The van der Waals surface area contributed by atoms with E-state index in [0.717, 1.165) is 37.8 Å². The maximum atomic E-state index is 5.54. The first kappa shape index (κ1) is 20.5. The summed E-state index contributed by atoms with van der Waals surface area (Å²) in [5.74, 6) is 1.68. The lowest BCUT2D eigenvalue weighted by atomic mass is 10.0. The Morgan fingerprint density at radius 3 is 2.47 bits per heavy atom. The fourth-order valence-corrected chi connectivity index (χ4v) is 4.53. The second kappa shape index (κ2) is 8.96. The van der Waals surface area contributed by atoms with E-state index in [1.807, 2.05) is 22.9 Å². The summed E-state index contributed by atoms with van der Waals surface area (Å²) in [6, 6.07) is 20.9. The van der Waals surface area contributed by atoms with Gasteiger partial charge in [0.25, 0.3) is 0 Å². The molecule has 0 aliphatic carbocycles. The van der Waals surface area contributed by atoms with Gasteiger partial charge in [0.1, 0.15) is 12.3 Å². The van der Waals surface area contributed by atoms with E-state index in [4.69, 9.17) is 4.42 Å². The second-order valence-electron chi connectivity index (χ2n) is 8.33. The molecule has 1 saturated heterocycles. The molecule has 0 radical (unpaired) electrons. The van der Waals surface area contributed by atoms with Crippen molar-refractivity contribution in [1.82, 2.24) is 25.1 Å². The van der Waals surface area contributed by atoms with Gasteiger partial charge in [0.15, 0.2) is 5.82 Å². The Kier molecular flexibility index (Phi) is 5.73. The molecule has 7 nitrogen and oxygen atoms in total. The first-order chi connectivity index (χ1) is 15.7. The molecular formula is C25H28N6O. The summed E-state index contributed by atoms with van der Waals surface area (Å²) in [5.41, 5.74) is 5.24. The van der Waals surface area contributed by atoms with Gasteiger partial charge in [0.2, 0.25) is 0 Å². The number of furan rings is 1. The van der Waals surface area contributed by atoms with Gasteiger partial charge in [-0.25, -0.2) is 4.68 Å². The molecule has 4 aromatic rings. The molecule has 32 heavy (non-hydrogen) atoms. The van der Waals surface area contributed by atoms with Crippen LogP contribution in [0.25, 0.3) is 0 Å². The van der Waals surface area contributed by atoms with Crippen molar-refractivity contribution >= 4 is 5.69 Å². The van der Waals surface area contributed by atoms with E-state index < -0.39 is 0 Å². The zero-order chi connectivity index (χ0) is 21.9. The van der Waals surface area contributed by atoms with Crippen LogP contribution in [0.5, 0.6) is 0 Å². The molecule has 7 heteroatoms. The van der Waals surface area contributed by atoms with Crippen LogP contribution in [-0.2, 0) is 6.54 Å². The zero-order valence-corrected chi connectivity index (χ0v) is 18.6. The Hall–Kier alpha value is -3.45. The lowest BCUT2D eigenvalue weighted by Crippen LogP contribution is -2.48. The molecule has 0 N–H and O–H groups in total. The molecule has 1 atom stereocenters. The second-order valence-corrected chi connectivity index (χ2v) is 8.33. The Bertz CT molecular complexity index is 1150. The third-order valence-corrected chi connectivity index (χ3v) is 6.40. The minimum atomic E-state index is -0.0121. The average molecular weight is 429 g/mol. The molecular weight excluding hydrogens is 400 g/mol. The van der Waals surface area contributed by atoms with Gasteiger partial charge in [-0.1, -0.05) is 42.5 Å². The third kappa shape index (κ3) is 4.03. The van der Waals surface area contributed by atoms with Crippen LogP contribution in [0.2, 0.25) is 0 Å². The lowest BCUT2D eigenvalue weighted by molar-refractivity contribution is 0.201. The predicted octanol–water partition coefficient (Wildman–Crippen LogP) is 3.84. The largest absolute Gasteiger partial charge is 0.467 e. The fraction of sp³-hybridized carbons (Fsp3) is 0.320. The smallest absolute Gasteiger partial charge is 0.173 e. The highest BCUT2D eigenvalue weighted by Crippen LogP contribution is 2.30. The lowest BCUT2D eigenvalue weighted by Gasteiger charge is -2.40. The van der Waals surface area contributed by atoms with E-state index in [-0.39, 0.29) is 6.04 Å². The molecule has 0 spiro atoms. The molecule has 3 heterocycles. The summed E-state index contributed by atoms with van der Waals surface area (Å²) < 4.78 is 7.39. The molecule has 0 bridgehead atoms.